The fourth-order valence-electron chi connectivity index (χ4n) is 3.04. The second-order valence-electron chi connectivity index (χ2n) is 6.33. The van der Waals surface area contributed by atoms with Gasteiger partial charge in [-0.15, -0.1) is 0 Å². The number of hydrogen-bond donors (Lipinski definition) is 3. The SMILES string of the molecule is Cc1cc(N)cc(S(=O)(=O)NCC2(O)CCCC(C)C2)c1. The Kier molecular flexibility index (Phi) is 4.60. The van der Waals surface area contributed by atoms with Crippen molar-refractivity contribution in [1.82, 2.24) is 4.72 Å². The maximum atomic E-state index is 12.3. The molecule has 0 heterocycles. The number of hydrogen-bond acceptors (Lipinski definition) is 4. The molecule has 4 N–H and O–H groups in total. The summed E-state index contributed by atoms with van der Waals surface area (Å²) in [5.41, 5.74) is 5.96. The van der Waals surface area contributed by atoms with Crippen LogP contribution in [0.1, 0.15) is 38.2 Å². The lowest BCUT2D eigenvalue weighted by Crippen LogP contribution is -2.45. The van der Waals surface area contributed by atoms with E-state index in [9.17, 15) is 13.5 Å². The normalized spacial score (nSPS) is 26.7. The van der Waals surface area contributed by atoms with Crippen molar-refractivity contribution < 1.29 is 13.5 Å². The first-order valence-electron chi connectivity index (χ1n) is 7.29. The summed E-state index contributed by atoms with van der Waals surface area (Å²) >= 11 is 0. The Balaban J connectivity index is 2.11. The Morgan fingerprint density at radius 2 is 2.14 bits per heavy atom. The van der Waals surface area contributed by atoms with Gasteiger partial charge in [0.05, 0.1) is 10.5 Å². The van der Waals surface area contributed by atoms with Crippen molar-refractivity contribution in [3.63, 3.8) is 0 Å². The van der Waals surface area contributed by atoms with E-state index in [1.54, 1.807) is 19.1 Å². The van der Waals surface area contributed by atoms with Crippen LogP contribution in [0, 0.1) is 12.8 Å². The van der Waals surface area contributed by atoms with Crippen LogP contribution in [0.15, 0.2) is 23.1 Å². The van der Waals surface area contributed by atoms with Gasteiger partial charge in [0.2, 0.25) is 10.0 Å². The average molecular weight is 312 g/mol. The molecule has 1 aliphatic rings. The highest BCUT2D eigenvalue weighted by molar-refractivity contribution is 7.89. The average Bonchev–Trinajstić information content (AvgIpc) is 2.35. The maximum absolute atomic E-state index is 12.3. The van der Waals surface area contributed by atoms with E-state index in [2.05, 4.69) is 11.6 Å². The molecular formula is C15H24N2O3S. The van der Waals surface area contributed by atoms with Crippen LogP contribution in [0.3, 0.4) is 0 Å². The zero-order valence-corrected chi connectivity index (χ0v) is 13.4. The molecule has 21 heavy (non-hydrogen) atoms. The van der Waals surface area contributed by atoms with E-state index in [0.29, 0.717) is 24.4 Å². The molecular weight excluding hydrogens is 288 g/mol. The number of sulfonamides is 1. The fourth-order valence-corrected chi connectivity index (χ4v) is 4.29. The quantitative estimate of drug-likeness (QED) is 0.739. The second kappa shape index (κ2) is 5.94. The predicted molar refractivity (Wildman–Crippen MR) is 83.4 cm³/mol. The number of rotatable bonds is 4. The van der Waals surface area contributed by atoms with Crippen molar-refractivity contribution >= 4 is 15.7 Å². The number of aliphatic hydroxyl groups is 1. The van der Waals surface area contributed by atoms with Gasteiger partial charge in [0.25, 0.3) is 0 Å². The molecule has 0 amide bonds. The lowest BCUT2D eigenvalue weighted by molar-refractivity contribution is -0.00751. The first kappa shape index (κ1) is 16.3. The van der Waals surface area contributed by atoms with E-state index in [1.807, 2.05) is 0 Å². The van der Waals surface area contributed by atoms with Crippen LogP contribution in [-0.4, -0.2) is 25.7 Å². The van der Waals surface area contributed by atoms with E-state index < -0.39 is 15.6 Å². The van der Waals surface area contributed by atoms with Gasteiger partial charge in [-0.25, -0.2) is 13.1 Å². The molecule has 2 unspecified atom stereocenters. The number of benzene rings is 1. The van der Waals surface area contributed by atoms with Gasteiger partial charge >= 0.3 is 0 Å². The molecule has 1 aromatic rings. The van der Waals surface area contributed by atoms with Gasteiger partial charge in [-0.1, -0.05) is 19.8 Å². The van der Waals surface area contributed by atoms with Gasteiger partial charge in [-0.05, 0) is 49.4 Å². The number of nitrogens with two attached hydrogens (primary N) is 1. The Labute approximate surface area is 126 Å². The third-order valence-electron chi connectivity index (χ3n) is 4.04. The van der Waals surface area contributed by atoms with Gasteiger partial charge in [0, 0.05) is 12.2 Å². The zero-order chi connectivity index (χ0) is 15.7. The summed E-state index contributed by atoms with van der Waals surface area (Å²) < 4.78 is 27.2. The summed E-state index contributed by atoms with van der Waals surface area (Å²) in [5.74, 6) is 0.419. The Bertz CT molecular complexity index is 595. The monoisotopic (exact) mass is 312 g/mol. The lowest BCUT2D eigenvalue weighted by atomic mass is 9.79. The molecule has 118 valence electrons. The molecule has 0 radical (unpaired) electrons. The highest BCUT2D eigenvalue weighted by Crippen LogP contribution is 2.32. The summed E-state index contributed by atoms with van der Waals surface area (Å²) in [6.45, 7) is 3.93. The van der Waals surface area contributed by atoms with Crippen LogP contribution in [0.2, 0.25) is 0 Å². The summed E-state index contributed by atoms with van der Waals surface area (Å²) in [5, 5.41) is 10.5. The molecule has 1 aromatic carbocycles. The van der Waals surface area contributed by atoms with Crippen molar-refractivity contribution in [3.05, 3.63) is 23.8 Å². The van der Waals surface area contributed by atoms with Crippen LogP contribution in [-0.2, 0) is 10.0 Å². The molecule has 2 rings (SSSR count). The number of anilines is 1. The maximum Gasteiger partial charge on any atom is 0.240 e. The minimum Gasteiger partial charge on any atom is -0.399 e. The van der Waals surface area contributed by atoms with Crippen molar-refractivity contribution in [3.8, 4) is 0 Å². The molecule has 2 atom stereocenters. The zero-order valence-electron chi connectivity index (χ0n) is 12.6. The highest BCUT2D eigenvalue weighted by atomic mass is 32.2. The van der Waals surface area contributed by atoms with Gasteiger partial charge in [0.1, 0.15) is 0 Å². The highest BCUT2D eigenvalue weighted by Gasteiger charge is 2.33. The van der Waals surface area contributed by atoms with Crippen molar-refractivity contribution in [2.24, 2.45) is 5.92 Å². The Morgan fingerprint density at radius 1 is 1.43 bits per heavy atom. The van der Waals surface area contributed by atoms with E-state index in [0.717, 1.165) is 18.4 Å². The molecule has 0 aromatic heterocycles. The van der Waals surface area contributed by atoms with Crippen LogP contribution in [0.4, 0.5) is 5.69 Å². The number of nitrogens with one attached hydrogen (secondary N) is 1. The standard InChI is InChI=1S/C15H24N2O3S/c1-11-4-3-5-15(18,9-11)10-17-21(19,20)14-7-12(2)6-13(16)8-14/h6-8,11,17-18H,3-5,9-10,16H2,1-2H3. The topological polar surface area (TPSA) is 92.4 Å². The largest absolute Gasteiger partial charge is 0.399 e. The van der Waals surface area contributed by atoms with E-state index in [4.69, 9.17) is 5.73 Å². The van der Waals surface area contributed by atoms with Gasteiger partial charge in [-0.3, -0.25) is 0 Å². The smallest absolute Gasteiger partial charge is 0.240 e. The minimum atomic E-state index is -3.65. The summed E-state index contributed by atoms with van der Waals surface area (Å²) in [6, 6.07) is 4.73. The Hall–Kier alpha value is -1.11. The van der Waals surface area contributed by atoms with Crippen molar-refractivity contribution in [2.75, 3.05) is 12.3 Å². The first-order chi connectivity index (χ1) is 9.70. The van der Waals surface area contributed by atoms with Gasteiger partial charge in [0.15, 0.2) is 0 Å². The van der Waals surface area contributed by atoms with Gasteiger partial charge < -0.3 is 10.8 Å². The molecule has 1 fully saturated rings. The van der Waals surface area contributed by atoms with Crippen LogP contribution < -0.4 is 10.5 Å². The molecule has 0 spiro atoms. The first-order valence-corrected chi connectivity index (χ1v) is 8.78. The molecule has 0 bridgehead atoms. The third kappa shape index (κ3) is 4.18. The van der Waals surface area contributed by atoms with Crippen LogP contribution in [0.25, 0.3) is 0 Å². The summed E-state index contributed by atoms with van der Waals surface area (Å²) in [6.07, 6.45) is 3.28. The van der Waals surface area contributed by atoms with E-state index in [1.165, 1.54) is 6.07 Å². The lowest BCUT2D eigenvalue weighted by Gasteiger charge is -2.35. The summed E-state index contributed by atoms with van der Waals surface area (Å²) in [7, 11) is -3.65. The minimum absolute atomic E-state index is 0.0491. The molecule has 0 aliphatic heterocycles. The Morgan fingerprint density at radius 3 is 2.76 bits per heavy atom. The van der Waals surface area contributed by atoms with E-state index in [-0.39, 0.29) is 11.4 Å². The molecule has 1 saturated carbocycles. The molecule has 5 nitrogen and oxygen atoms in total. The van der Waals surface area contributed by atoms with Crippen molar-refractivity contribution in [1.29, 1.82) is 0 Å². The van der Waals surface area contributed by atoms with Crippen molar-refractivity contribution in [2.45, 2.75) is 50.0 Å². The second-order valence-corrected chi connectivity index (χ2v) is 8.10. The fraction of sp³-hybridized carbons (Fsp3) is 0.600. The predicted octanol–water partition coefficient (Wildman–Crippen LogP) is 1.80. The number of aryl methyl sites for hydroxylation is 1. The van der Waals surface area contributed by atoms with Crippen LogP contribution >= 0.6 is 0 Å². The van der Waals surface area contributed by atoms with Gasteiger partial charge in [-0.2, -0.15) is 0 Å². The molecule has 1 aliphatic carbocycles. The third-order valence-corrected chi connectivity index (χ3v) is 5.42. The van der Waals surface area contributed by atoms with E-state index >= 15 is 0 Å². The molecule has 6 heteroatoms. The number of nitrogen functional groups attached to an aromatic ring is 1. The van der Waals surface area contributed by atoms with Crippen LogP contribution in [0.5, 0.6) is 0 Å². The summed E-state index contributed by atoms with van der Waals surface area (Å²) in [4.78, 5) is 0.146. The molecule has 0 saturated heterocycles.